The lowest BCUT2D eigenvalue weighted by Crippen LogP contribution is -2.31. The van der Waals surface area contributed by atoms with E-state index in [1.165, 1.54) is 18.3 Å². The number of pyridine rings is 1. The first-order valence-corrected chi connectivity index (χ1v) is 6.54. The van der Waals surface area contributed by atoms with Gasteiger partial charge in [0.05, 0.1) is 0 Å². The number of aromatic nitrogens is 1. The van der Waals surface area contributed by atoms with Gasteiger partial charge in [0.15, 0.2) is 18.1 Å². The molecule has 1 saturated heterocycles. The van der Waals surface area contributed by atoms with Crippen LogP contribution in [0.3, 0.4) is 0 Å². The van der Waals surface area contributed by atoms with Crippen molar-refractivity contribution < 1.29 is 22.7 Å². The van der Waals surface area contributed by atoms with Crippen LogP contribution in [0.25, 0.3) is 0 Å². The molecule has 8 heteroatoms. The van der Waals surface area contributed by atoms with Gasteiger partial charge in [-0.15, -0.1) is 0 Å². The zero-order valence-electron chi connectivity index (χ0n) is 11.3. The predicted octanol–water partition coefficient (Wildman–Crippen LogP) is 1.44. The Labute approximate surface area is 119 Å². The van der Waals surface area contributed by atoms with Crippen LogP contribution in [-0.4, -0.2) is 48.2 Å². The van der Waals surface area contributed by atoms with Crippen LogP contribution in [0.15, 0.2) is 18.3 Å². The first-order valence-electron chi connectivity index (χ1n) is 6.54. The lowest BCUT2D eigenvalue weighted by atomic mass is 10.1. The van der Waals surface area contributed by atoms with E-state index in [9.17, 15) is 18.0 Å². The fourth-order valence-corrected chi connectivity index (χ4v) is 2.19. The van der Waals surface area contributed by atoms with Crippen LogP contribution < -0.4 is 10.5 Å². The molecule has 5 nitrogen and oxygen atoms in total. The second-order valence-electron chi connectivity index (χ2n) is 4.90. The van der Waals surface area contributed by atoms with E-state index in [-0.39, 0.29) is 17.4 Å². The highest BCUT2D eigenvalue weighted by molar-refractivity contribution is 5.95. The molecule has 1 fully saturated rings. The molecular weight excluding hydrogens is 287 g/mol. The van der Waals surface area contributed by atoms with Crippen molar-refractivity contribution in [2.24, 2.45) is 11.7 Å². The number of alkyl halides is 3. The number of halogens is 3. The summed E-state index contributed by atoms with van der Waals surface area (Å²) in [7, 11) is 0. The summed E-state index contributed by atoms with van der Waals surface area (Å²) >= 11 is 0. The molecule has 2 heterocycles. The standard InChI is InChI=1S/C13H16F3N3O2/c14-13(15,16)8-21-10-2-1-4-18-11(10)12(20)19-5-3-9(6-17)7-19/h1-2,4,9H,3,5-8,17H2/t9-/m1/s1. The Hall–Kier alpha value is -1.83. The third kappa shape index (κ3) is 4.07. The van der Waals surface area contributed by atoms with Crippen molar-refractivity contribution in [1.29, 1.82) is 0 Å². The maximum absolute atomic E-state index is 12.3. The van der Waals surface area contributed by atoms with E-state index in [0.717, 1.165) is 6.42 Å². The summed E-state index contributed by atoms with van der Waals surface area (Å²) in [6.07, 6.45) is -2.33. The van der Waals surface area contributed by atoms with Crippen molar-refractivity contribution in [3.8, 4) is 5.75 Å². The normalized spacial score (nSPS) is 18.9. The average molecular weight is 303 g/mol. The van der Waals surface area contributed by atoms with Crippen LogP contribution in [0.2, 0.25) is 0 Å². The quantitative estimate of drug-likeness (QED) is 0.914. The fraction of sp³-hybridized carbons (Fsp3) is 0.538. The minimum atomic E-state index is -4.46. The summed E-state index contributed by atoms with van der Waals surface area (Å²) < 4.78 is 41.3. The van der Waals surface area contributed by atoms with E-state index in [1.54, 1.807) is 4.90 Å². The minimum Gasteiger partial charge on any atom is -0.482 e. The van der Waals surface area contributed by atoms with Gasteiger partial charge in [0.2, 0.25) is 0 Å². The summed E-state index contributed by atoms with van der Waals surface area (Å²) in [5.74, 6) is -0.364. The van der Waals surface area contributed by atoms with Gasteiger partial charge in [-0.2, -0.15) is 13.2 Å². The van der Waals surface area contributed by atoms with Crippen LogP contribution in [0.5, 0.6) is 5.75 Å². The number of ether oxygens (including phenoxy) is 1. The number of rotatable bonds is 4. The molecule has 0 saturated carbocycles. The summed E-state index contributed by atoms with van der Waals surface area (Å²) in [5.41, 5.74) is 5.46. The molecule has 2 rings (SSSR count). The van der Waals surface area contributed by atoms with E-state index in [4.69, 9.17) is 5.73 Å². The highest BCUT2D eigenvalue weighted by atomic mass is 19.4. The third-order valence-electron chi connectivity index (χ3n) is 3.27. The Morgan fingerprint density at radius 2 is 2.29 bits per heavy atom. The minimum absolute atomic E-state index is 0.0978. The van der Waals surface area contributed by atoms with Gasteiger partial charge in [0.25, 0.3) is 5.91 Å². The van der Waals surface area contributed by atoms with Crippen molar-refractivity contribution in [2.45, 2.75) is 12.6 Å². The van der Waals surface area contributed by atoms with Gasteiger partial charge < -0.3 is 15.4 Å². The van der Waals surface area contributed by atoms with E-state index < -0.39 is 18.7 Å². The second-order valence-corrected chi connectivity index (χ2v) is 4.90. The number of amides is 1. The maximum atomic E-state index is 12.3. The van der Waals surface area contributed by atoms with Crippen LogP contribution in [0, 0.1) is 5.92 Å². The fourth-order valence-electron chi connectivity index (χ4n) is 2.19. The van der Waals surface area contributed by atoms with Crippen molar-refractivity contribution >= 4 is 5.91 Å². The number of hydrogen-bond acceptors (Lipinski definition) is 4. The van der Waals surface area contributed by atoms with Crippen molar-refractivity contribution in [3.05, 3.63) is 24.0 Å². The molecule has 116 valence electrons. The highest BCUT2D eigenvalue weighted by Crippen LogP contribution is 2.24. The Balaban J connectivity index is 2.10. The van der Waals surface area contributed by atoms with Gasteiger partial charge in [-0.3, -0.25) is 4.79 Å². The van der Waals surface area contributed by atoms with Gasteiger partial charge in [-0.25, -0.2) is 4.98 Å². The molecule has 1 aliphatic heterocycles. The molecule has 1 atom stereocenters. The molecule has 2 N–H and O–H groups in total. The topological polar surface area (TPSA) is 68.5 Å². The molecule has 1 amide bonds. The monoisotopic (exact) mass is 303 g/mol. The average Bonchev–Trinajstić information content (AvgIpc) is 2.93. The zero-order chi connectivity index (χ0) is 15.5. The smallest absolute Gasteiger partial charge is 0.422 e. The van der Waals surface area contributed by atoms with E-state index in [2.05, 4.69) is 9.72 Å². The second kappa shape index (κ2) is 6.30. The summed E-state index contributed by atoms with van der Waals surface area (Å²) in [4.78, 5) is 17.7. The summed E-state index contributed by atoms with van der Waals surface area (Å²) in [5, 5.41) is 0. The molecule has 0 unspecified atom stereocenters. The molecule has 0 aliphatic carbocycles. The Kier molecular flexibility index (Phi) is 4.66. The number of hydrogen-bond donors (Lipinski definition) is 1. The zero-order valence-corrected chi connectivity index (χ0v) is 11.3. The van der Waals surface area contributed by atoms with Crippen molar-refractivity contribution in [3.63, 3.8) is 0 Å². The van der Waals surface area contributed by atoms with Crippen molar-refractivity contribution in [2.75, 3.05) is 26.2 Å². The first kappa shape index (κ1) is 15.6. The number of carbonyl (C=O) groups is 1. The van der Waals surface area contributed by atoms with Crippen LogP contribution >= 0.6 is 0 Å². The Morgan fingerprint density at radius 1 is 1.52 bits per heavy atom. The number of likely N-dealkylation sites (tertiary alicyclic amines) is 1. The molecule has 0 spiro atoms. The van der Waals surface area contributed by atoms with Crippen molar-refractivity contribution in [1.82, 2.24) is 9.88 Å². The van der Waals surface area contributed by atoms with Gasteiger partial charge >= 0.3 is 6.18 Å². The lowest BCUT2D eigenvalue weighted by Gasteiger charge is -2.18. The van der Waals surface area contributed by atoms with Crippen LogP contribution in [0.1, 0.15) is 16.9 Å². The number of carbonyl (C=O) groups excluding carboxylic acids is 1. The molecular formula is C13H16F3N3O2. The van der Waals surface area contributed by atoms with Gasteiger partial charge in [-0.1, -0.05) is 0 Å². The van der Waals surface area contributed by atoms with Crippen LogP contribution in [-0.2, 0) is 0 Å². The highest BCUT2D eigenvalue weighted by Gasteiger charge is 2.31. The third-order valence-corrected chi connectivity index (χ3v) is 3.27. The van der Waals surface area contributed by atoms with E-state index in [1.807, 2.05) is 0 Å². The predicted molar refractivity (Wildman–Crippen MR) is 68.9 cm³/mol. The number of nitrogens with two attached hydrogens (primary N) is 1. The largest absolute Gasteiger partial charge is 0.482 e. The maximum Gasteiger partial charge on any atom is 0.422 e. The first-order chi connectivity index (χ1) is 9.90. The molecule has 21 heavy (non-hydrogen) atoms. The lowest BCUT2D eigenvalue weighted by molar-refractivity contribution is -0.153. The molecule has 1 aromatic rings. The Bertz CT molecular complexity index is 508. The molecule has 0 aromatic carbocycles. The number of nitrogens with zero attached hydrogens (tertiary/aromatic N) is 2. The molecule has 1 aromatic heterocycles. The van der Waals surface area contributed by atoms with Gasteiger partial charge in [0, 0.05) is 19.3 Å². The molecule has 0 bridgehead atoms. The Morgan fingerprint density at radius 3 is 2.90 bits per heavy atom. The molecule has 0 radical (unpaired) electrons. The summed E-state index contributed by atoms with van der Waals surface area (Å²) in [6, 6.07) is 2.73. The van der Waals surface area contributed by atoms with E-state index in [0.29, 0.717) is 19.6 Å². The SMILES string of the molecule is NC[C@H]1CCN(C(=O)c2ncccc2OCC(F)(F)F)C1. The van der Waals surface area contributed by atoms with E-state index >= 15 is 0 Å². The molecule has 1 aliphatic rings. The van der Waals surface area contributed by atoms with Crippen LogP contribution in [0.4, 0.5) is 13.2 Å². The van der Waals surface area contributed by atoms with Gasteiger partial charge in [0.1, 0.15) is 0 Å². The summed E-state index contributed by atoms with van der Waals surface area (Å²) in [6.45, 7) is 0.0361. The van der Waals surface area contributed by atoms with Gasteiger partial charge in [-0.05, 0) is 31.0 Å².